The Morgan fingerprint density at radius 1 is 1.26 bits per heavy atom. The number of nitriles is 1. The van der Waals surface area contributed by atoms with E-state index in [0.29, 0.717) is 11.6 Å². The van der Waals surface area contributed by atoms with Gasteiger partial charge in [-0.25, -0.2) is 4.98 Å². The number of benzene rings is 1. The number of nitrogens with zero attached hydrogens (tertiary/aromatic N) is 3. The van der Waals surface area contributed by atoms with Crippen molar-refractivity contribution in [1.29, 1.82) is 5.26 Å². The summed E-state index contributed by atoms with van der Waals surface area (Å²) in [6.07, 6.45) is 3.88. The van der Waals surface area contributed by atoms with Crippen molar-refractivity contribution >= 4 is 5.82 Å². The van der Waals surface area contributed by atoms with Gasteiger partial charge in [0, 0.05) is 13.2 Å². The van der Waals surface area contributed by atoms with Crippen LogP contribution in [0.25, 0.3) is 0 Å². The van der Waals surface area contributed by atoms with Crippen molar-refractivity contribution < 1.29 is 0 Å². The topological polar surface area (TPSA) is 39.9 Å². The molecule has 0 fully saturated rings. The van der Waals surface area contributed by atoms with E-state index in [1.165, 1.54) is 11.1 Å². The zero-order valence-corrected chi connectivity index (χ0v) is 10.9. The number of hydrogen-bond acceptors (Lipinski definition) is 3. The van der Waals surface area contributed by atoms with E-state index in [9.17, 15) is 0 Å². The Hall–Kier alpha value is -2.34. The molecular formula is C16H15N3. The van der Waals surface area contributed by atoms with Gasteiger partial charge in [-0.05, 0) is 36.1 Å². The van der Waals surface area contributed by atoms with E-state index in [0.717, 1.165) is 18.7 Å². The Labute approximate surface area is 113 Å². The Morgan fingerprint density at radius 3 is 2.84 bits per heavy atom. The van der Waals surface area contributed by atoms with Crippen LogP contribution in [0.2, 0.25) is 0 Å². The van der Waals surface area contributed by atoms with Crippen LogP contribution >= 0.6 is 0 Å². The highest BCUT2D eigenvalue weighted by Crippen LogP contribution is 2.36. The van der Waals surface area contributed by atoms with Crippen LogP contribution in [0.1, 0.15) is 29.2 Å². The normalized spacial score (nSPS) is 16.7. The number of rotatable bonds is 2. The molecule has 0 spiro atoms. The number of aryl methyl sites for hydroxylation is 1. The fourth-order valence-corrected chi connectivity index (χ4v) is 2.76. The van der Waals surface area contributed by atoms with E-state index in [-0.39, 0.29) is 0 Å². The van der Waals surface area contributed by atoms with Crippen LogP contribution in [0.4, 0.5) is 5.82 Å². The molecule has 1 aliphatic carbocycles. The van der Waals surface area contributed by atoms with Crippen molar-refractivity contribution in [3.05, 3.63) is 59.3 Å². The average Bonchev–Trinajstić information content (AvgIpc) is 2.90. The minimum Gasteiger partial charge on any atom is -0.353 e. The van der Waals surface area contributed by atoms with Gasteiger partial charge in [-0.15, -0.1) is 0 Å². The summed E-state index contributed by atoms with van der Waals surface area (Å²) in [6, 6.07) is 14.8. The lowest BCUT2D eigenvalue weighted by Crippen LogP contribution is -2.23. The van der Waals surface area contributed by atoms with Crippen LogP contribution < -0.4 is 4.90 Å². The summed E-state index contributed by atoms with van der Waals surface area (Å²) in [5, 5.41) is 8.81. The maximum atomic E-state index is 8.81. The Kier molecular flexibility index (Phi) is 2.92. The van der Waals surface area contributed by atoms with Gasteiger partial charge in [-0.2, -0.15) is 5.26 Å². The maximum Gasteiger partial charge on any atom is 0.128 e. The third-order valence-electron chi connectivity index (χ3n) is 3.81. The molecule has 3 heteroatoms. The SMILES string of the molecule is CN(c1ccc(C#N)cn1)[C@H]1CCc2ccccc21. The summed E-state index contributed by atoms with van der Waals surface area (Å²) in [7, 11) is 2.07. The predicted molar refractivity (Wildman–Crippen MR) is 74.9 cm³/mol. The van der Waals surface area contributed by atoms with Gasteiger partial charge < -0.3 is 4.90 Å². The highest BCUT2D eigenvalue weighted by Gasteiger charge is 2.26. The molecule has 0 saturated heterocycles. The smallest absolute Gasteiger partial charge is 0.128 e. The Balaban J connectivity index is 1.89. The zero-order chi connectivity index (χ0) is 13.2. The third-order valence-corrected chi connectivity index (χ3v) is 3.81. The molecule has 3 rings (SSSR count). The number of pyridine rings is 1. The predicted octanol–water partition coefficient (Wildman–Crippen LogP) is 3.08. The van der Waals surface area contributed by atoms with E-state index in [4.69, 9.17) is 5.26 Å². The van der Waals surface area contributed by atoms with Crippen molar-refractivity contribution in [1.82, 2.24) is 4.98 Å². The van der Waals surface area contributed by atoms with Gasteiger partial charge in [-0.1, -0.05) is 24.3 Å². The fourth-order valence-electron chi connectivity index (χ4n) is 2.76. The highest BCUT2D eigenvalue weighted by molar-refractivity contribution is 5.47. The summed E-state index contributed by atoms with van der Waals surface area (Å²) < 4.78 is 0. The van der Waals surface area contributed by atoms with Crippen molar-refractivity contribution in [2.24, 2.45) is 0 Å². The van der Waals surface area contributed by atoms with Crippen LogP contribution in [-0.4, -0.2) is 12.0 Å². The first-order valence-corrected chi connectivity index (χ1v) is 6.46. The number of fused-ring (bicyclic) bond motifs is 1. The van der Waals surface area contributed by atoms with Crippen LogP contribution in [0.5, 0.6) is 0 Å². The van der Waals surface area contributed by atoms with Gasteiger partial charge in [0.15, 0.2) is 0 Å². The summed E-state index contributed by atoms with van der Waals surface area (Å²) in [6.45, 7) is 0. The molecule has 1 heterocycles. The van der Waals surface area contributed by atoms with Crippen molar-refractivity contribution in [2.45, 2.75) is 18.9 Å². The number of aromatic nitrogens is 1. The van der Waals surface area contributed by atoms with Gasteiger partial charge in [0.05, 0.1) is 11.6 Å². The average molecular weight is 249 g/mol. The largest absolute Gasteiger partial charge is 0.353 e. The molecule has 1 aromatic carbocycles. The van der Waals surface area contributed by atoms with Crippen LogP contribution in [0, 0.1) is 11.3 Å². The molecular weight excluding hydrogens is 234 g/mol. The first kappa shape index (κ1) is 11.7. The van der Waals surface area contributed by atoms with Gasteiger partial charge in [0.25, 0.3) is 0 Å². The van der Waals surface area contributed by atoms with Crippen LogP contribution in [0.3, 0.4) is 0 Å². The molecule has 0 unspecified atom stereocenters. The molecule has 2 aromatic rings. The van der Waals surface area contributed by atoms with Crippen molar-refractivity contribution in [2.75, 3.05) is 11.9 Å². The molecule has 0 N–H and O–H groups in total. The molecule has 3 nitrogen and oxygen atoms in total. The van der Waals surface area contributed by atoms with Crippen molar-refractivity contribution in [3.63, 3.8) is 0 Å². The maximum absolute atomic E-state index is 8.81. The van der Waals surface area contributed by atoms with Gasteiger partial charge in [-0.3, -0.25) is 0 Å². The van der Waals surface area contributed by atoms with Crippen molar-refractivity contribution in [3.8, 4) is 6.07 Å². The lowest BCUT2D eigenvalue weighted by atomic mass is 10.1. The second-order valence-electron chi connectivity index (χ2n) is 4.88. The van der Waals surface area contributed by atoms with Gasteiger partial charge >= 0.3 is 0 Å². The zero-order valence-electron chi connectivity index (χ0n) is 10.9. The molecule has 0 aliphatic heterocycles. The Bertz CT molecular complexity index is 625. The number of hydrogen-bond donors (Lipinski definition) is 0. The standard InChI is InChI=1S/C16H15N3/c1-19(16-9-6-12(10-17)11-18-16)15-8-7-13-4-2-3-5-14(13)15/h2-6,9,11,15H,7-8H2,1H3/t15-/m0/s1. The third kappa shape index (κ3) is 2.06. The first-order chi connectivity index (χ1) is 9.29. The van der Waals surface area contributed by atoms with Gasteiger partial charge in [0.1, 0.15) is 11.9 Å². The Morgan fingerprint density at radius 2 is 2.11 bits per heavy atom. The molecule has 0 saturated carbocycles. The van der Waals surface area contributed by atoms with E-state index in [1.807, 2.05) is 12.1 Å². The summed E-state index contributed by atoms with van der Waals surface area (Å²) >= 11 is 0. The molecule has 0 amide bonds. The monoisotopic (exact) mass is 249 g/mol. The second-order valence-corrected chi connectivity index (χ2v) is 4.88. The lowest BCUT2D eigenvalue weighted by Gasteiger charge is -2.26. The summed E-state index contributed by atoms with van der Waals surface area (Å²) in [4.78, 5) is 6.57. The van der Waals surface area contributed by atoms with Crippen LogP contribution in [-0.2, 0) is 6.42 Å². The summed E-state index contributed by atoms with van der Waals surface area (Å²) in [5.41, 5.74) is 3.44. The van der Waals surface area contributed by atoms with E-state index < -0.39 is 0 Å². The molecule has 0 bridgehead atoms. The molecule has 0 radical (unpaired) electrons. The molecule has 94 valence electrons. The molecule has 19 heavy (non-hydrogen) atoms. The minimum absolute atomic E-state index is 0.386. The van der Waals surface area contributed by atoms with E-state index in [2.05, 4.69) is 47.3 Å². The molecule has 1 aromatic heterocycles. The van der Waals surface area contributed by atoms with E-state index in [1.54, 1.807) is 6.20 Å². The number of anilines is 1. The summed E-state index contributed by atoms with van der Waals surface area (Å²) in [5.74, 6) is 0.917. The second kappa shape index (κ2) is 4.74. The highest BCUT2D eigenvalue weighted by atomic mass is 15.2. The fraction of sp³-hybridized carbons (Fsp3) is 0.250. The minimum atomic E-state index is 0.386. The first-order valence-electron chi connectivity index (χ1n) is 6.46. The lowest BCUT2D eigenvalue weighted by molar-refractivity contribution is 0.655. The molecule has 1 aliphatic rings. The van der Waals surface area contributed by atoms with E-state index >= 15 is 0 Å². The van der Waals surface area contributed by atoms with Gasteiger partial charge in [0.2, 0.25) is 0 Å². The molecule has 1 atom stereocenters. The quantitative estimate of drug-likeness (QED) is 0.821. The van der Waals surface area contributed by atoms with Crippen LogP contribution in [0.15, 0.2) is 42.6 Å².